The molecule has 0 bridgehead atoms. The number of hydrogen-bond donors (Lipinski definition) is 4. The Kier molecular flexibility index (Phi) is 4.76. The van der Waals surface area contributed by atoms with Crippen molar-refractivity contribution in [3.63, 3.8) is 0 Å². The second kappa shape index (κ2) is 6.11. The van der Waals surface area contributed by atoms with Gasteiger partial charge in [0.1, 0.15) is 17.6 Å². The number of nitrogens with zero attached hydrogens (tertiary/aromatic N) is 2. The second-order valence-electron chi connectivity index (χ2n) is 4.86. The average molecular weight is 352 g/mol. The molecule has 0 aromatic carbocycles. The number of nitrogen functional groups attached to an aromatic ring is 1. The van der Waals surface area contributed by atoms with E-state index in [4.69, 9.17) is 31.9 Å². The van der Waals surface area contributed by atoms with Crippen LogP contribution in [0.25, 0.3) is 0 Å². The lowest BCUT2D eigenvalue weighted by Gasteiger charge is -2.26. The minimum absolute atomic E-state index is 0.00369. The molecule has 1 saturated heterocycles. The molecule has 1 aliphatic rings. The van der Waals surface area contributed by atoms with E-state index >= 15 is 0 Å². The summed E-state index contributed by atoms with van der Waals surface area (Å²) in [6, 6.07) is 1.39. The Bertz CT molecular complexity index is 689. The number of halogens is 1. The highest BCUT2D eigenvalue weighted by Gasteiger charge is 2.47. The molecular formula is C11H15ClN3O6P. The van der Waals surface area contributed by atoms with Crippen LogP contribution in [0, 0.1) is 0 Å². The molecule has 3 atom stereocenters. The molecule has 1 fully saturated rings. The van der Waals surface area contributed by atoms with Gasteiger partial charge >= 0.3 is 13.3 Å². The molecule has 1 aromatic heterocycles. The van der Waals surface area contributed by atoms with Gasteiger partial charge in [-0.05, 0) is 12.1 Å². The number of nitrogens with two attached hydrogens (primary N) is 1. The lowest BCUT2D eigenvalue weighted by atomic mass is 9.99. The van der Waals surface area contributed by atoms with Crippen molar-refractivity contribution < 1.29 is 24.2 Å². The second-order valence-corrected chi connectivity index (χ2v) is 6.60. The molecule has 11 heteroatoms. The van der Waals surface area contributed by atoms with Crippen LogP contribution >= 0.6 is 19.2 Å². The van der Waals surface area contributed by atoms with Crippen LogP contribution in [0.15, 0.2) is 29.0 Å². The molecule has 1 aliphatic heterocycles. The maximum Gasteiger partial charge on any atom is 0.351 e. The van der Waals surface area contributed by atoms with Crippen molar-refractivity contribution >= 4 is 25.0 Å². The summed E-state index contributed by atoms with van der Waals surface area (Å²) in [6.07, 6.45) is 0.363. The van der Waals surface area contributed by atoms with Gasteiger partial charge in [-0.1, -0.05) is 0 Å². The zero-order chi connectivity index (χ0) is 16.5. The molecular weight excluding hydrogens is 337 g/mol. The number of aromatic nitrogens is 2. The Hall–Kier alpha value is -1.22. The maximum absolute atomic E-state index is 11.8. The van der Waals surface area contributed by atoms with Crippen molar-refractivity contribution in [2.24, 2.45) is 0 Å². The molecule has 0 radical (unpaired) electrons. The standard InChI is InChI=1S/C11H15ClN3O6P/c12-6-11(2-4-22(18,19)20)7(16)5-9(21-11)15-3-1-8(13)14-10(15)17/h1-4,7,9,16H,5-6H2,(H2,13,14,17)(H2,18,19,20)/b4-2+/t7-,9+,11-/m0/s1. The molecule has 5 N–H and O–H groups in total. The summed E-state index contributed by atoms with van der Waals surface area (Å²) in [4.78, 5) is 33.1. The van der Waals surface area contributed by atoms with Crippen LogP contribution in [0.2, 0.25) is 0 Å². The van der Waals surface area contributed by atoms with Gasteiger partial charge in [-0.25, -0.2) is 4.79 Å². The first-order valence-electron chi connectivity index (χ1n) is 6.19. The van der Waals surface area contributed by atoms with Crippen molar-refractivity contribution in [1.82, 2.24) is 9.55 Å². The SMILES string of the molecule is Nc1ccn([C@H]2C[C@H](O)[C@](/C=C/P(=O)(O)O)(CCl)O2)c(=O)n1. The molecule has 9 nitrogen and oxygen atoms in total. The van der Waals surface area contributed by atoms with Crippen LogP contribution in [0.5, 0.6) is 0 Å². The predicted octanol–water partition coefficient (Wildman–Crippen LogP) is -0.226. The van der Waals surface area contributed by atoms with E-state index in [1.807, 2.05) is 0 Å². The Morgan fingerprint density at radius 1 is 1.64 bits per heavy atom. The summed E-state index contributed by atoms with van der Waals surface area (Å²) >= 11 is 5.79. The summed E-state index contributed by atoms with van der Waals surface area (Å²) in [5.74, 6) is 0.410. The highest BCUT2D eigenvalue weighted by molar-refractivity contribution is 7.55. The Balaban J connectivity index is 2.32. The van der Waals surface area contributed by atoms with Gasteiger partial charge in [0.25, 0.3) is 0 Å². The van der Waals surface area contributed by atoms with Gasteiger partial charge in [0.2, 0.25) is 0 Å². The Morgan fingerprint density at radius 3 is 2.86 bits per heavy atom. The van der Waals surface area contributed by atoms with Gasteiger partial charge in [0, 0.05) is 18.4 Å². The van der Waals surface area contributed by atoms with Crippen LogP contribution in [0.3, 0.4) is 0 Å². The van der Waals surface area contributed by atoms with Crippen LogP contribution in [0.4, 0.5) is 5.82 Å². The number of hydrogen-bond acceptors (Lipinski definition) is 6. The maximum atomic E-state index is 11.8. The molecule has 0 unspecified atom stereocenters. The molecule has 0 saturated carbocycles. The zero-order valence-electron chi connectivity index (χ0n) is 11.2. The number of ether oxygens (including phenoxy) is 1. The number of alkyl halides is 1. The minimum atomic E-state index is -4.44. The van der Waals surface area contributed by atoms with Crippen molar-refractivity contribution in [2.75, 3.05) is 11.6 Å². The molecule has 0 amide bonds. The summed E-state index contributed by atoms with van der Waals surface area (Å²) < 4.78 is 17.7. The van der Waals surface area contributed by atoms with Crippen molar-refractivity contribution in [3.05, 3.63) is 34.6 Å². The van der Waals surface area contributed by atoms with Crippen LogP contribution in [-0.2, 0) is 9.30 Å². The fourth-order valence-corrected chi connectivity index (χ4v) is 2.90. The van der Waals surface area contributed by atoms with E-state index in [-0.39, 0.29) is 18.1 Å². The molecule has 1 aromatic rings. The summed E-state index contributed by atoms with van der Waals surface area (Å²) in [5.41, 5.74) is 3.22. The van der Waals surface area contributed by atoms with Gasteiger partial charge in [0.15, 0.2) is 0 Å². The fraction of sp³-hybridized carbons (Fsp3) is 0.455. The quantitative estimate of drug-likeness (QED) is 0.429. The highest BCUT2D eigenvalue weighted by Crippen LogP contribution is 2.42. The van der Waals surface area contributed by atoms with Gasteiger partial charge in [-0.3, -0.25) is 9.13 Å². The van der Waals surface area contributed by atoms with E-state index in [9.17, 15) is 14.5 Å². The Morgan fingerprint density at radius 2 is 2.32 bits per heavy atom. The average Bonchev–Trinajstić information content (AvgIpc) is 2.73. The lowest BCUT2D eigenvalue weighted by molar-refractivity contribution is -0.0581. The summed E-state index contributed by atoms with van der Waals surface area (Å²) in [7, 11) is -4.44. The van der Waals surface area contributed by atoms with Gasteiger partial charge in [-0.2, -0.15) is 4.98 Å². The van der Waals surface area contributed by atoms with E-state index in [2.05, 4.69) is 4.98 Å². The number of aliphatic hydroxyl groups excluding tert-OH is 1. The third-order valence-electron chi connectivity index (χ3n) is 3.27. The highest BCUT2D eigenvalue weighted by atomic mass is 35.5. The van der Waals surface area contributed by atoms with Crippen LogP contribution < -0.4 is 11.4 Å². The molecule has 0 aliphatic carbocycles. The largest absolute Gasteiger partial charge is 0.390 e. The third kappa shape index (κ3) is 3.57. The van der Waals surface area contributed by atoms with Crippen molar-refractivity contribution in [3.8, 4) is 0 Å². The van der Waals surface area contributed by atoms with Gasteiger partial charge in [0.05, 0.1) is 12.0 Å². The lowest BCUT2D eigenvalue weighted by Crippen LogP contribution is -2.39. The monoisotopic (exact) mass is 351 g/mol. The molecule has 2 heterocycles. The number of anilines is 1. The van der Waals surface area contributed by atoms with Crippen molar-refractivity contribution in [2.45, 2.75) is 24.4 Å². The first-order valence-corrected chi connectivity index (χ1v) is 8.40. The first kappa shape index (κ1) is 17.1. The molecule has 0 spiro atoms. The number of aliphatic hydroxyl groups is 1. The number of rotatable bonds is 4. The predicted molar refractivity (Wildman–Crippen MR) is 78.3 cm³/mol. The Labute approximate surface area is 130 Å². The van der Waals surface area contributed by atoms with Gasteiger partial charge in [-0.15, -0.1) is 11.6 Å². The fourth-order valence-electron chi connectivity index (χ4n) is 2.12. The van der Waals surface area contributed by atoms with Crippen LogP contribution in [0.1, 0.15) is 12.6 Å². The first-order chi connectivity index (χ1) is 10.2. The third-order valence-corrected chi connectivity index (χ3v) is 4.22. The van der Waals surface area contributed by atoms with E-state index in [1.165, 1.54) is 12.3 Å². The summed E-state index contributed by atoms with van der Waals surface area (Å²) in [6.45, 7) is 0. The minimum Gasteiger partial charge on any atom is -0.390 e. The zero-order valence-corrected chi connectivity index (χ0v) is 12.9. The van der Waals surface area contributed by atoms with Gasteiger partial charge < -0.3 is 25.4 Å². The van der Waals surface area contributed by atoms with Crippen molar-refractivity contribution in [1.29, 1.82) is 0 Å². The van der Waals surface area contributed by atoms with E-state index in [0.717, 1.165) is 10.6 Å². The molecule has 122 valence electrons. The normalized spacial score (nSPS) is 29.3. The smallest absolute Gasteiger partial charge is 0.351 e. The van der Waals surface area contributed by atoms with E-state index in [0.29, 0.717) is 5.82 Å². The molecule has 2 rings (SSSR count). The molecule has 22 heavy (non-hydrogen) atoms. The topological polar surface area (TPSA) is 148 Å². The van der Waals surface area contributed by atoms with E-state index in [1.54, 1.807) is 0 Å². The summed E-state index contributed by atoms with van der Waals surface area (Å²) in [5, 5.41) is 10.1. The van der Waals surface area contributed by atoms with E-state index < -0.39 is 31.2 Å². The van der Waals surface area contributed by atoms with Crippen LogP contribution in [-0.4, -0.2) is 42.0 Å².